The topological polar surface area (TPSA) is 24.5 Å². The standard InChI is InChI=1S/C14H19F3N2O.ClH/c15-14(16,17)13-3-1-12(2-4-13)11-20-10-9-19-7-5-18-6-8-19;/h1-4,18H,5-11H2;1H. The predicted molar refractivity (Wildman–Crippen MR) is 77.7 cm³/mol. The van der Waals surface area contributed by atoms with E-state index in [4.69, 9.17) is 4.74 Å². The van der Waals surface area contributed by atoms with Crippen molar-refractivity contribution in [2.24, 2.45) is 0 Å². The van der Waals surface area contributed by atoms with Crippen LogP contribution in [-0.2, 0) is 17.5 Å². The second-order valence-corrected chi connectivity index (χ2v) is 4.84. The first kappa shape index (κ1) is 18.2. The van der Waals surface area contributed by atoms with E-state index in [1.165, 1.54) is 12.1 Å². The van der Waals surface area contributed by atoms with Crippen LogP contribution in [0.3, 0.4) is 0 Å². The second-order valence-electron chi connectivity index (χ2n) is 4.84. The zero-order valence-corrected chi connectivity index (χ0v) is 12.5. The largest absolute Gasteiger partial charge is 0.416 e. The fraction of sp³-hybridized carbons (Fsp3) is 0.571. The van der Waals surface area contributed by atoms with Crippen LogP contribution in [0.4, 0.5) is 13.2 Å². The Hall–Kier alpha value is -0.820. The van der Waals surface area contributed by atoms with Crippen LogP contribution in [0.25, 0.3) is 0 Å². The van der Waals surface area contributed by atoms with E-state index in [1.54, 1.807) is 0 Å². The molecule has 1 aliphatic heterocycles. The van der Waals surface area contributed by atoms with Gasteiger partial charge in [0.15, 0.2) is 0 Å². The first-order chi connectivity index (χ1) is 9.55. The third-order valence-corrected chi connectivity index (χ3v) is 3.31. The Kier molecular flexibility index (Phi) is 7.45. The smallest absolute Gasteiger partial charge is 0.375 e. The molecular weight excluding hydrogens is 305 g/mol. The summed E-state index contributed by atoms with van der Waals surface area (Å²) in [7, 11) is 0. The number of benzene rings is 1. The minimum atomic E-state index is -4.28. The molecule has 1 N–H and O–H groups in total. The van der Waals surface area contributed by atoms with Gasteiger partial charge in [-0.1, -0.05) is 12.1 Å². The van der Waals surface area contributed by atoms with Gasteiger partial charge >= 0.3 is 6.18 Å². The molecule has 0 atom stereocenters. The van der Waals surface area contributed by atoms with Crippen molar-refractivity contribution in [3.63, 3.8) is 0 Å². The molecule has 0 amide bonds. The molecule has 7 heteroatoms. The minimum Gasteiger partial charge on any atom is -0.375 e. The van der Waals surface area contributed by atoms with E-state index in [-0.39, 0.29) is 12.4 Å². The molecule has 0 radical (unpaired) electrons. The van der Waals surface area contributed by atoms with Gasteiger partial charge in [0, 0.05) is 32.7 Å². The maximum Gasteiger partial charge on any atom is 0.416 e. The van der Waals surface area contributed by atoms with Crippen molar-refractivity contribution in [3.8, 4) is 0 Å². The van der Waals surface area contributed by atoms with Crippen LogP contribution >= 0.6 is 12.4 Å². The lowest BCUT2D eigenvalue weighted by Crippen LogP contribution is -2.44. The van der Waals surface area contributed by atoms with Gasteiger partial charge in [0.05, 0.1) is 18.8 Å². The number of piperazine rings is 1. The van der Waals surface area contributed by atoms with Crippen LogP contribution in [-0.4, -0.2) is 44.2 Å². The summed E-state index contributed by atoms with van der Waals surface area (Å²) < 4.78 is 42.7. The number of nitrogens with zero attached hydrogens (tertiary/aromatic N) is 1. The molecule has 0 aromatic heterocycles. The summed E-state index contributed by atoms with van der Waals surface area (Å²) in [5, 5.41) is 3.27. The van der Waals surface area contributed by atoms with E-state index in [2.05, 4.69) is 10.2 Å². The van der Waals surface area contributed by atoms with E-state index in [1.807, 2.05) is 0 Å². The van der Waals surface area contributed by atoms with Crippen LogP contribution in [0.2, 0.25) is 0 Å². The molecule has 21 heavy (non-hydrogen) atoms. The molecule has 0 saturated carbocycles. The van der Waals surface area contributed by atoms with Gasteiger partial charge in [-0.2, -0.15) is 13.2 Å². The van der Waals surface area contributed by atoms with Crippen molar-refractivity contribution in [2.45, 2.75) is 12.8 Å². The Morgan fingerprint density at radius 2 is 1.71 bits per heavy atom. The Bertz CT molecular complexity index is 406. The maximum absolute atomic E-state index is 12.4. The molecule has 120 valence electrons. The molecule has 1 aromatic rings. The van der Waals surface area contributed by atoms with Gasteiger partial charge < -0.3 is 10.1 Å². The van der Waals surface area contributed by atoms with Gasteiger partial charge in [0.2, 0.25) is 0 Å². The van der Waals surface area contributed by atoms with Gasteiger partial charge in [0.1, 0.15) is 0 Å². The molecule has 0 aliphatic carbocycles. The molecule has 0 bridgehead atoms. The van der Waals surface area contributed by atoms with Gasteiger partial charge in [-0.05, 0) is 17.7 Å². The van der Waals surface area contributed by atoms with Gasteiger partial charge in [-0.25, -0.2) is 0 Å². The Balaban J connectivity index is 0.00000220. The summed E-state index contributed by atoms with van der Waals surface area (Å²) in [6, 6.07) is 5.12. The van der Waals surface area contributed by atoms with Gasteiger partial charge in [-0.15, -0.1) is 12.4 Å². The molecule has 2 rings (SSSR count). The fourth-order valence-electron chi connectivity index (χ4n) is 2.11. The monoisotopic (exact) mass is 324 g/mol. The highest BCUT2D eigenvalue weighted by Crippen LogP contribution is 2.29. The van der Waals surface area contributed by atoms with Crippen LogP contribution in [0.5, 0.6) is 0 Å². The molecule has 3 nitrogen and oxygen atoms in total. The molecule has 0 spiro atoms. The Labute approximate surface area is 128 Å². The lowest BCUT2D eigenvalue weighted by atomic mass is 10.1. The summed E-state index contributed by atoms with van der Waals surface area (Å²) in [5.74, 6) is 0. The van der Waals surface area contributed by atoms with Crippen molar-refractivity contribution >= 4 is 12.4 Å². The van der Waals surface area contributed by atoms with E-state index in [0.717, 1.165) is 50.4 Å². The molecule has 1 aromatic carbocycles. The Morgan fingerprint density at radius 3 is 2.29 bits per heavy atom. The molecule has 0 unspecified atom stereocenters. The average molecular weight is 325 g/mol. The summed E-state index contributed by atoms with van der Waals surface area (Å²) in [5.41, 5.74) is 0.139. The molecule has 1 aliphatic rings. The SMILES string of the molecule is Cl.FC(F)(F)c1ccc(COCCN2CCNCC2)cc1. The van der Waals surface area contributed by atoms with Crippen molar-refractivity contribution in [1.29, 1.82) is 0 Å². The first-order valence-electron chi connectivity index (χ1n) is 6.73. The second kappa shape index (κ2) is 8.58. The highest BCUT2D eigenvalue weighted by molar-refractivity contribution is 5.85. The number of ether oxygens (including phenoxy) is 1. The molecule has 1 fully saturated rings. The number of hydrogen-bond acceptors (Lipinski definition) is 3. The number of rotatable bonds is 5. The quantitative estimate of drug-likeness (QED) is 0.843. The van der Waals surface area contributed by atoms with Crippen molar-refractivity contribution in [2.75, 3.05) is 39.3 Å². The lowest BCUT2D eigenvalue weighted by molar-refractivity contribution is -0.137. The normalized spacial score (nSPS) is 16.5. The minimum absolute atomic E-state index is 0. The van der Waals surface area contributed by atoms with E-state index < -0.39 is 11.7 Å². The fourth-order valence-corrected chi connectivity index (χ4v) is 2.11. The number of alkyl halides is 3. The molecule has 1 saturated heterocycles. The van der Waals surface area contributed by atoms with Crippen LogP contribution < -0.4 is 5.32 Å². The third-order valence-electron chi connectivity index (χ3n) is 3.31. The summed E-state index contributed by atoms with van der Waals surface area (Å²) in [6.45, 7) is 5.85. The summed E-state index contributed by atoms with van der Waals surface area (Å²) in [4.78, 5) is 2.31. The predicted octanol–water partition coefficient (Wildman–Crippen LogP) is 2.55. The van der Waals surface area contributed by atoms with Crippen LogP contribution in [0.15, 0.2) is 24.3 Å². The van der Waals surface area contributed by atoms with Crippen LogP contribution in [0, 0.1) is 0 Å². The zero-order chi connectivity index (χ0) is 14.4. The average Bonchev–Trinajstić information content (AvgIpc) is 2.44. The zero-order valence-electron chi connectivity index (χ0n) is 11.7. The molecular formula is C14H20ClF3N2O. The van der Waals surface area contributed by atoms with Crippen molar-refractivity contribution < 1.29 is 17.9 Å². The highest BCUT2D eigenvalue weighted by atomic mass is 35.5. The summed E-state index contributed by atoms with van der Waals surface area (Å²) in [6.07, 6.45) is -4.28. The van der Waals surface area contributed by atoms with Crippen molar-refractivity contribution in [3.05, 3.63) is 35.4 Å². The number of halogens is 4. The van der Waals surface area contributed by atoms with Gasteiger partial charge in [-0.3, -0.25) is 4.90 Å². The first-order valence-corrected chi connectivity index (χ1v) is 6.73. The maximum atomic E-state index is 12.4. The number of nitrogens with one attached hydrogen (secondary N) is 1. The Morgan fingerprint density at radius 1 is 1.10 bits per heavy atom. The third kappa shape index (κ3) is 6.22. The lowest BCUT2D eigenvalue weighted by Gasteiger charge is -2.26. The highest BCUT2D eigenvalue weighted by Gasteiger charge is 2.29. The van der Waals surface area contributed by atoms with Gasteiger partial charge in [0.25, 0.3) is 0 Å². The van der Waals surface area contributed by atoms with Crippen LogP contribution in [0.1, 0.15) is 11.1 Å². The van der Waals surface area contributed by atoms with Crippen molar-refractivity contribution in [1.82, 2.24) is 10.2 Å². The number of hydrogen-bond donors (Lipinski definition) is 1. The summed E-state index contributed by atoms with van der Waals surface area (Å²) >= 11 is 0. The molecule has 1 heterocycles. The van der Waals surface area contributed by atoms with E-state index in [0.29, 0.717) is 13.2 Å². The van der Waals surface area contributed by atoms with E-state index in [9.17, 15) is 13.2 Å². The van der Waals surface area contributed by atoms with E-state index >= 15 is 0 Å².